The van der Waals surface area contributed by atoms with E-state index in [1.807, 2.05) is 0 Å². The van der Waals surface area contributed by atoms with Gasteiger partial charge in [0.15, 0.2) is 0 Å². The molecule has 10 heavy (non-hydrogen) atoms. The number of benzene rings is 1. The summed E-state index contributed by atoms with van der Waals surface area (Å²) >= 11 is 3.14. The molecule has 0 spiro atoms. The van der Waals surface area contributed by atoms with Crippen molar-refractivity contribution in [3.05, 3.63) is 34.3 Å². The summed E-state index contributed by atoms with van der Waals surface area (Å²) in [5.41, 5.74) is 0.189. The number of hydrogen-bond acceptors (Lipinski definition) is 2. The lowest BCUT2D eigenvalue weighted by Crippen LogP contribution is -2.21. The van der Waals surface area contributed by atoms with E-state index in [0.29, 0.717) is 0 Å². The molecule has 2 nitrogen and oxygen atoms in total. The van der Waals surface area contributed by atoms with Crippen LogP contribution in [0.25, 0.3) is 0 Å². The minimum absolute atomic E-state index is 0.189. The first-order chi connectivity index (χ1) is 4.70. The second-order valence-corrected chi connectivity index (χ2v) is 2.71. The van der Waals surface area contributed by atoms with Gasteiger partial charge < -0.3 is 9.90 Å². The summed E-state index contributed by atoms with van der Waals surface area (Å²) in [6.45, 7) is 0. The Morgan fingerprint density at radius 2 is 2.20 bits per heavy atom. The third-order valence-corrected chi connectivity index (χ3v) is 1.55. The third-order valence-electron chi connectivity index (χ3n) is 1.06. The van der Waals surface area contributed by atoms with Crippen LogP contribution in [0.1, 0.15) is 10.4 Å². The van der Waals surface area contributed by atoms with E-state index in [-0.39, 0.29) is 5.56 Å². The zero-order valence-electron chi connectivity index (χ0n) is 5.00. The van der Waals surface area contributed by atoms with Crippen LogP contribution in [0.3, 0.4) is 0 Å². The van der Waals surface area contributed by atoms with Crippen molar-refractivity contribution >= 4 is 21.9 Å². The van der Waals surface area contributed by atoms with E-state index in [4.69, 9.17) is 0 Å². The molecule has 0 aliphatic carbocycles. The molecule has 0 radical (unpaired) electrons. The Morgan fingerprint density at radius 3 is 2.60 bits per heavy atom. The zero-order valence-corrected chi connectivity index (χ0v) is 6.59. The SMILES string of the molecule is O=C([O-])c1cccc(Br)c1. The first-order valence-electron chi connectivity index (χ1n) is 2.67. The van der Waals surface area contributed by atoms with E-state index in [1.54, 1.807) is 12.1 Å². The van der Waals surface area contributed by atoms with E-state index in [0.717, 1.165) is 4.47 Å². The molecule has 0 saturated carbocycles. The molecule has 0 bridgehead atoms. The van der Waals surface area contributed by atoms with Gasteiger partial charge in [0.2, 0.25) is 0 Å². The van der Waals surface area contributed by atoms with Crippen LogP contribution in [0.2, 0.25) is 0 Å². The standard InChI is InChI=1S/C7H5BrO2/c8-6-3-1-2-5(4-6)7(9)10/h1-4H,(H,9,10)/p-1. The number of carbonyl (C=O) groups is 1. The molecule has 1 aromatic rings. The van der Waals surface area contributed by atoms with Crippen LogP contribution in [0.4, 0.5) is 0 Å². The van der Waals surface area contributed by atoms with Gasteiger partial charge in [0.25, 0.3) is 0 Å². The quantitative estimate of drug-likeness (QED) is 0.672. The highest BCUT2D eigenvalue weighted by Crippen LogP contribution is 2.10. The van der Waals surface area contributed by atoms with Crippen molar-refractivity contribution in [2.24, 2.45) is 0 Å². The van der Waals surface area contributed by atoms with Crippen LogP contribution in [-0.4, -0.2) is 5.97 Å². The van der Waals surface area contributed by atoms with Gasteiger partial charge >= 0.3 is 0 Å². The Kier molecular flexibility index (Phi) is 2.06. The fourth-order valence-electron chi connectivity index (χ4n) is 0.615. The van der Waals surface area contributed by atoms with Gasteiger partial charge in [-0.1, -0.05) is 28.1 Å². The number of halogens is 1. The molecule has 0 aliphatic heterocycles. The summed E-state index contributed by atoms with van der Waals surface area (Å²) in [4.78, 5) is 10.2. The van der Waals surface area contributed by atoms with Gasteiger partial charge in [0.05, 0.1) is 5.97 Å². The Balaban J connectivity index is 3.07. The molecule has 0 saturated heterocycles. The highest BCUT2D eigenvalue weighted by atomic mass is 79.9. The Morgan fingerprint density at radius 1 is 1.50 bits per heavy atom. The van der Waals surface area contributed by atoms with Gasteiger partial charge in [-0.05, 0) is 17.7 Å². The van der Waals surface area contributed by atoms with Crippen LogP contribution in [0.5, 0.6) is 0 Å². The molecule has 52 valence electrons. The number of carboxylic acid groups (broad SMARTS) is 1. The lowest BCUT2D eigenvalue weighted by molar-refractivity contribution is -0.255. The van der Waals surface area contributed by atoms with Crippen molar-refractivity contribution in [3.63, 3.8) is 0 Å². The fourth-order valence-corrected chi connectivity index (χ4v) is 1.01. The molecule has 0 atom stereocenters. The van der Waals surface area contributed by atoms with E-state index in [2.05, 4.69) is 15.9 Å². The average Bonchev–Trinajstić information content (AvgIpc) is 1.88. The third kappa shape index (κ3) is 1.57. The van der Waals surface area contributed by atoms with Crippen LogP contribution >= 0.6 is 15.9 Å². The molecule has 0 N–H and O–H groups in total. The number of hydrogen-bond donors (Lipinski definition) is 0. The summed E-state index contributed by atoms with van der Waals surface area (Å²) in [5.74, 6) is -1.15. The van der Waals surface area contributed by atoms with E-state index >= 15 is 0 Å². The van der Waals surface area contributed by atoms with Gasteiger partial charge in [-0.2, -0.15) is 0 Å². The lowest BCUT2D eigenvalue weighted by Gasteiger charge is -2.00. The van der Waals surface area contributed by atoms with Crippen molar-refractivity contribution < 1.29 is 9.90 Å². The maximum absolute atomic E-state index is 10.2. The predicted molar refractivity (Wildman–Crippen MR) is 38.5 cm³/mol. The van der Waals surface area contributed by atoms with Gasteiger partial charge in [-0.25, -0.2) is 0 Å². The molecule has 0 aliphatic rings. The largest absolute Gasteiger partial charge is 0.545 e. The summed E-state index contributed by atoms with van der Waals surface area (Å²) < 4.78 is 0.745. The van der Waals surface area contributed by atoms with Crippen LogP contribution in [-0.2, 0) is 0 Å². The summed E-state index contributed by atoms with van der Waals surface area (Å²) in [7, 11) is 0. The topological polar surface area (TPSA) is 40.1 Å². The van der Waals surface area contributed by atoms with Crippen LogP contribution in [0.15, 0.2) is 28.7 Å². The van der Waals surface area contributed by atoms with Crippen molar-refractivity contribution in [2.75, 3.05) is 0 Å². The minimum atomic E-state index is -1.15. The normalized spacial score (nSPS) is 9.30. The minimum Gasteiger partial charge on any atom is -0.545 e. The molecule has 1 aromatic carbocycles. The fraction of sp³-hybridized carbons (Fsp3) is 0. The van der Waals surface area contributed by atoms with Crippen LogP contribution in [0, 0.1) is 0 Å². The van der Waals surface area contributed by atoms with Crippen molar-refractivity contribution in [1.82, 2.24) is 0 Å². The van der Waals surface area contributed by atoms with Gasteiger partial charge in [-0.3, -0.25) is 0 Å². The first kappa shape index (κ1) is 7.28. The smallest absolute Gasteiger partial charge is 0.0715 e. The number of rotatable bonds is 1. The average molecular weight is 200 g/mol. The number of carboxylic acids is 1. The highest BCUT2D eigenvalue weighted by molar-refractivity contribution is 9.10. The highest BCUT2D eigenvalue weighted by Gasteiger charge is 1.91. The van der Waals surface area contributed by atoms with E-state index in [1.165, 1.54) is 12.1 Å². The first-order valence-corrected chi connectivity index (χ1v) is 3.46. The predicted octanol–water partition coefficient (Wildman–Crippen LogP) is 0.813. The van der Waals surface area contributed by atoms with Gasteiger partial charge in [0.1, 0.15) is 0 Å². The number of carbonyl (C=O) groups excluding carboxylic acids is 1. The van der Waals surface area contributed by atoms with Crippen molar-refractivity contribution in [1.29, 1.82) is 0 Å². The Hall–Kier alpha value is -0.830. The van der Waals surface area contributed by atoms with E-state index in [9.17, 15) is 9.90 Å². The summed E-state index contributed by atoms with van der Waals surface area (Å²) in [5, 5.41) is 10.2. The molecule has 0 fully saturated rings. The molecule has 0 amide bonds. The molecular weight excluding hydrogens is 196 g/mol. The van der Waals surface area contributed by atoms with Crippen molar-refractivity contribution in [3.8, 4) is 0 Å². The second-order valence-electron chi connectivity index (χ2n) is 1.80. The number of aromatic carboxylic acids is 1. The molecule has 1 rings (SSSR count). The van der Waals surface area contributed by atoms with Gasteiger partial charge in [-0.15, -0.1) is 0 Å². The van der Waals surface area contributed by atoms with Crippen molar-refractivity contribution in [2.45, 2.75) is 0 Å². The molecular formula is C7H4BrO2-. The Bertz CT molecular complexity index is 258. The van der Waals surface area contributed by atoms with E-state index < -0.39 is 5.97 Å². The lowest BCUT2D eigenvalue weighted by atomic mass is 10.2. The molecule has 0 heterocycles. The molecule has 0 aromatic heterocycles. The zero-order chi connectivity index (χ0) is 7.56. The summed E-state index contributed by atoms with van der Waals surface area (Å²) in [6, 6.07) is 6.39. The van der Waals surface area contributed by atoms with Gasteiger partial charge in [0, 0.05) is 4.47 Å². The summed E-state index contributed by atoms with van der Waals surface area (Å²) in [6.07, 6.45) is 0. The molecule has 3 heteroatoms. The monoisotopic (exact) mass is 199 g/mol. The maximum atomic E-state index is 10.2. The Labute approximate surface area is 66.6 Å². The molecule has 0 unspecified atom stereocenters. The maximum Gasteiger partial charge on any atom is 0.0715 e. The van der Waals surface area contributed by atoms with Crippen LogP contribution < -0.4 is 5.11 Å². The second kappa shape index (κ2) is 2.84.